The first-order chi connectivity index (χ1) is 8.91. The van der Waals surface area contributed by atoms with Gasteiger partial charge in [0.15, 0.2) is 0 Å². The van der Waals surface area contributed by atoms with Crippen LogP contribution >= 0.6 is 0 Å². The maximum absolute atomic E-state index is 2.29. The minimum atomic E-state index is 1.37. The average molecular weight is 361 g/mol. The summed E-state index contributed by atoms with van der Waals surface area (Å²) in [5, 5.41) is 0. The second kappa shape index (κ2) is 17.8. The Hall–Kier alpha value is 0.818. The van der Waals surface area contributed by atoms with Gasteiger partial charge in [-0.15, -0.1) is 0 Å². The summed E-state index contributed by atoms with van der Waals surface area (Å²) in [6.07, 6.45) is 22.1. The topological polar surface area (TPSA) is 0 Å². The number of unbranched alkanes of at least 4 members (excludes halogenated alkanes) is 14. The Balaban J connectivity index is 2.86. The van der Waals surface area contributed by atoms with Crippen LogP contribution in [0.4, 0.5) is 0 Å². The van der Waals surface area contributed by atoms with E-state index in [1.165, 1.54) is 101 Å². The van der Waals surface area contributed by atoms with E-state index in [1.54, 1.807) is 0 Å². The van der Waals surface area contributed by atoms with E-state index in [0.29, 0.717) is 0 Å². The molecule has 0 atom stereocenters. The first-order valence-electron chi connectivity index (χ1n) is 8.52. The molecular weight excluding hydrogens is 326 g/mol. The first kappa shape index (κ1) is 18.8. The van der Waals surface area contributed by atoms with E-state index < -0.39 is 0 Å². The molecule has 0 aliphatic carbocycles. The molecule has 2 radical (unpaired) electrons. The van der Waals surface area contributed by atoms with Crippen molar-refractivity contribution in [2.75, 3.05) is 0 Å². The minimum absolute atomic E-state index is 1.37. The molecule has 0 aromatic rings. The van der Waals surface area contributed by atoms with Crippen molar-refractivity contribution >= 4 is 23.0 Å². The molecule has 0 saturated carbocycles. The van der Waals surface area contributed by atoms with Gasteiger partial charge < -0.3 is 0 Å². The monoisotopic (exact) mass is 360 g/mol. The average Bonchev–Trinajstić information content (AvgIpc) is 2.39. The van der Waals surface area contributed by atoms with Gasteiger partial charge in [-0.2, -0.15) is 0 Å². The summed E-state index contributed by atoms with van der Waals surface area (Å²) < 4.78 is 1.42. The van der Waals surface area contributed by atoms with E-state index in [0.717, 1.165) is 0 Å². The van der Waals surface area contributed by atoms with Gasteiger partial charge in [0, 0.05) is 0 Å². The van der Waals surface area contributed by atoms with E-state index >= 15 is 0 Å². The second-order valence-electron chi connectivity index (χ2n) is 5.67. The van der Waals surface area contributed by atoms with Gasteiger partial charge in [0.25, 0.3) is 0 Å². The van der Waals surface area contributed by atoms with Crippen LogP contribution in [0.2, 0.25) is 4.37 Å². The van der Waals surface area contributed by atoms with E-state index in [9.17, 15) is 0 Å². The molecule has 0 aliphatic rings. The Morgan fingerprint density at radius 2 is 0.722 bits per heavy atom. The Morgan fingerprint density at radius 1 is 0.444 bits per heavy atom. The zero-order chi connectivity index (χ0) is 13.3. The van der Waals surface area contributed by atoms with Crippen molar-refractivity contribution in [1.29, 1.82) is 0 Å². The molecule has 0 N–H and O–H groups in total. The van der Waals surface area contributed by atoms with Crippen LogP contribution in [0.1, 0.15) is 103 Å². The fourth-order valence-electron chi connectivity index (χ4n) is 2.48. The van der Waals surface area contributed by atoms with Gasteiger partial charge in [-0.1, -0.05) is 32.6 Å². The molecule has 0 bridgehead atoms. The molecule has 0 unspecified atom stereocenters. The Bertz CT molecular complexity index is 118. The molecule has 18 heavy (non-hydrogen) atoms. The number of hydrogen-bond donors (Lipinski definition) is 0. The molecule has 0 amide bonds. The summed E-state index contributed by atoms with van der Waals surface area (Å²) >= 11 is 1.98. The zero-order valence-electron chi connectivity index (χ0n) is 12.8. The molecule has 0 rings (SSSR count). The summed E-state index contributed by atoms with van der Waals surface area (Å²) in [6, 6.07) is 0. The van der Waals surface area contributed by atoms with Crippen LogP contribution in [0.15, 0.2) is 0 Å². The first-order valence-corrected chi connectivity index (χ1v) is 10.3. The summed E-state index contributed by atoms with van der Waals surface area (Å²) in [6.45, 7) is 2.29. The molecule has 0 spiro atoms. The normalized spacial score (nSPS) is 11.0. The van der Waals surface area contributed by atoms with Gasteiger partial charge in [-0.25, -0.2) is 0 Å². The van der Waals surface area contributed by atoms with Crippen LogP contribution in [0.5, 0.6) is 0 Å². The Labute approximate surface area is 130 Å². The zero-order valence-corrected chi connectivity index (χ0v) is 15.3. The van der Waals surface area contributed by atoms with Crippen LogP contribution in [0, 0.1) is 0 Å². The molecule has 0 aromatic carbocycles. The third kappa shape index (κ3) is 16.8. The fraction of sp³-hybridized carbons (Fsp3) is 1.00. The van der Waals surface area contributed by atoms with Crippen molar-refractivity contribution < 1.29 is 0 Å². The third-order valence-electron chi connectivity index (χ3n) is 3.76. The van der Waals surface area contributed by atoms with Crippen LogP contribution in [0.3, 0.4) is 0 Å². The van der Waals surface area contributed by atoms with E-state index in [1.807, 2.05) is 23.0 Å². The van der Waals surface area contributed by atoms with Crippen molar-refractivity contribution in [2.45, 2.75) is 108 Å². The summed E-state index contributed by atoms with van der Waals surface area (Å²) in [7, 11) is 0. The Kier molecular flexibility index (Phi) is 18.6. The molecule has 1 heteroatoms. The van der Waals surface area contributed by atoms with Crippen LogP contribution < -0.4 is 0 Å². The molecule has 0 aliphatic heterocycles. The van der Waals surface area contributed by atoms with Gasteiger partial charge in [0.1, 0.15) is 0 Å². The van der Waals surface area contributed by atoms with Gasteiger partial charge in [0.2, 0.25) is 0 Å². The Morgan fingerprint density at radius 3 is 1.00 bits per heavy atom. The van der Waals surface area contributed by atoms with Crippen molar-refractivity contribution in [2.24, 2.45) is 0 Å². The predicted molar refractivity (Wildman–Crippen MR) is 85.5 cm³/mol. The molecular formula is C17H35Sb. The standard InChI is InChI=1S/C17H35.Sb/c1-3-5-7-9-11-13-15-17-16-14-12-10-8-6-4-2;/h1,3-17H2,2H3;. The van der Waals surface area contributed by atoms with E-state index in [-0.39, 0.29) is 0 Å². The van der Waals surface area contributed by atoms with Crippen LogP contribution in [-0.4, -0.2) is 23.0 Å². The maximum atomic E-state index is 2.29. The van der Waals surface area contributed by atoms with Gasteiger partial charge in [-0.05, 0) is 0 Å². The number of hydrogen-bond acceptors (Lipinski definition) is 0. The van der Waals surface area contributed by atoms with Crippen molar-refractivity contribution in [3.63, 3.8) is 0 Å². The quantitative estimate of drug-likeness (QED) is 0.232. The van der Waals surface area contributed by atoms with Crippen LogP contribution in [-0.2, 0) is 0 Å². The van der Waals surface area contributed by atoms with Crippen molar-refractivity contribution in [1.82, 2.24) is 0 Å². The predicted octanol–water partition coefficient (Wildman–Crippen LogP) is 6.44. The molecule has 0 fully saturated rings. The third-order valence-corrected chi connectivity index (χ3v) is 4.66. The van der Waals surface area contributed by atoms with Gasteiger partial charge in [-0.3, -0.25) is 0 Å². The summed E-state index contributed by atoms with van der Waals surface area (Å²) in [5.74, 6) is 0. The molecule has 0 saturated heterocycles. The molecule has 0 heterocycles. The van der Waals surface area contributed by atoms with Gasteiger partial charge in [0.05, 0.1) is 0 Å². The molecule has 0 nitrogen and oxygen atoms in total. The fourth-order valence-corrected chi connectivity index (χ4v) is 3.12. The summed E-state index contributed by atoms with van der Waals surface area (Å²) in [5.41, 5.74) is 0. The summed E-state index contributed by atoms with van der Waals surface area (Å²) in [4.78, 5) is 0. The van der Waals surface area contributed by atoms with E-state index in [2.05, 4.69) is 6.92 Å². The molecule has 108 valence electrons. The van der Waals surface area contributed by atoms with Gasteiger partial charge >= 0.3 is 98.0 Å². The SMILES string of the molecule is CCCCCCCCCCCCCCCC[CH2][Sb]. The number of rotatable bonds is 15. The molecule has 0 aromatic heterocycles. The van der Waals surface area contributed by atoms with E-state index in [4.69, 9.17) is 0 Å². The van der Waals surface area contributed by atoms with Crippen molar-refractivity contribution in [3.05, 3.63) is 0 Å². The second-order valence-corrected chi connectivity index (χ2v) is 6.95. The van der Waals surface area contributed by atoms with Crippen LogP contribution in [0.25, 0.3) is 0 Å². The van der Waals surface area contributed by atoms with Crippen molar-refractivity contribution in [3.8, 4) is 0 Å².